The monoisotopic (exact) mass is 351 g/mol. The molecule has 1 aliphatic carbocycles. The Balaban J connectivity index is 1.63. The summed E-state index contributed by atoms with van der Waals surface area (Å²) < 4.78 is 0. The topological polar surface area (TPSA) is 132 Å². The minimum atomic E-state index is -0.981. The van der Waals surface area contributed by atoms with Crippen LogP contribution in [-0.2, 0) is 9.59 Å². The van der Waals surface area contributed by atoms with Crippen LogP contribution in [0.4, 0.5) is 17.2 Å². The summed E-state index contributed by atoms with van der Waals surface area (Å²) in [4.78, 5) is 29.8. The average Bonchev–Trinajstić information content (AvgIpc) is 3.34. The molecule has 2 aromatic rings. The van der Waals surface area contributed by atoms with Crippen LogP contribution in [0, 0.1) is 23.2 Å². The first-order chi connectivity index (χ1) is 12.5. The second kappa shape index (κ2) is 5.97. The van der Waals surface area contributed by atoms with Gasteiger partial charge >= 0.3 is 0 Å². The number of anilines is 3. The van der Waals surface area contributed by atoms with Crippen molar-refractivity contribution in [1.82, 2.24) is 4.98 Å². The Bertz CT molecular complexity index is 967. The quantitative estimate of drug-likeness (QED) is 0.707. The number of aromatic nitrogens is 1. The molecular formula is C18H17N5O3. The lowest BCUT2D eigenvalue weighted by atomic mass is 10.1. The number of rotatable bonds is 3. The van der Waals surface area contributed by atoms with Gasteiger partial charge in [-0.1, -0.05) is 0 Å². The molecule has 0 spiro atoms. The highest BCUT2D eigenvalue weighted by molar-refractivity contribution is 6.04. The van der Waals surface area contributed by atoms with E-state index in [1.54, 1.807) is 24.4 Å². The number of benzene rings is 1. The molecule has 4 rings (SSSR count). The molecule has 2 amide bonds. The average molecular weight is 351 g/mol. The van der Waals surface area contributed by atoms with Gasteiger partial charge in [0.15, 0.2) is 0 Å². The van der Waals surface area contributed by atoms with E-state index in [4.69, 9.17) is 11.0 Å². The van der Waals surface area contributed by atoms with Crippen molar-refractivity contribution in [2.24, 2.45) is 11.8 Å². The van der Waals surface area contributed by atoms with Crippen molar-refractivity contribution >= 4 is 39.8 Å². The molecular weight excluding hydrogens is 334 g/mol. The van der Waals surface area contributed by atoms with Gasteiger partial charge in [-0.15, -0.1) is 0 Å². The predicted molar refractivity (Wildman–Crippen MR) is 95.0 cm³/mol. The maximum absolute atomic E-state index is 12.1. The molecule has 1 saturated carbocycles. The van der Waals surface area contributed by atoms with Crippen molar-refractivity contribution in [2.75, 3.05) is 22.5 Å². The molecule has 0 bridgehead atoms. The van der Waals surface area contributed by atoms with Crippen LogP contribution in [0.15, 0.2) is 24.4 Å². The van der Waals surface area contributed by atoms with E-state index in [9.17, 15) is 14.7 Å². The van der Waals surface area contributed by atoms with Crippen LogP contribution < -0.4 is 16.0 Å². The van der Waals surface area contributed by atoms with Crippen LogP contribution in [0.25, 0.3) is 10.8 Å². The first-order valence-electron chi connectivity index (χ1n) is 8.37. The van der Waals surface area contributed by atoms with E-state index in [0.29, 0.717) is 42.0 Å². The zero-order valence-electron chi connectivity index (χ0n) is 13.8. The van der Waals surface area contributed by atoms with Crippen molar-refractivity contribution in [3.05, 3.63) is 24.4 Å². The van der Waals surface area contributed by atoms with Crippen molar-refractivity contribution < 1.29 is 14.7 Å². The Morgan fingerprint density at radius 1 is 1.42 bits per heavy atom. The van der Waals surface area contributed by atoms with Gasteiger partial charge in [0.2, 0.25) is 5.91 Å². The van der Waals surface area contributed by atoms with Gasteiger partial charge in [-0.25, -0.2) is 4.98 Å². The van der Waals surface area contributed by atoms with Gasteiger partial charge in [-0.05, 0) is 30.0 Å². The van der Waals surface area contributed by atoms with Gasteiger partial charge in [0.25, 0.3) is 5.91 Å². The first kappa shape index (κ1) is 16.3. The lowest BCUT2D eigenvalue weighted by Crippen LogP contribution is -2.29. The molecule has 2 aliphatic rings. The molecule has 1 aliphatic heterocycles. The van der Waals surface area contributed by atoms with E-state index in [0.717, 1.165) is 5.39 Å². The Morgan fingerprint density at radius 3 is 2.88 bits per heavy atom. The number of aliphatic hydroxyl groups excluding tert-OH is 1. The molecule has 3 atom stereocenters. The smallest absolute Gasteiger partial charge is 0.255 e. The molecule has 1 saturated heterocycles. The number of nitrogens with zero attached hydrogens (tertiary/aromatic N) is 3. The second-order valence-corrected chi connectivity index (χ2v) is 6.69. The highest BCUT2D eigenvalue weighted by Crippen LogP contribution is 2.38. The SMILES string of the molecule is N#CC1C[C@H]1C(=O)Nc1cc2cc(N3CC[C@@H](O)C3=O)cc(N)c2cn1. The highest BCUT2D eigenvalue weighted by Gasteiger charge is 2.43. The normalized spacial score (nSPS) is 24.5. The van der Waals surface area contributed by atoms with Gasteiger partial charge < -0.3 is 21.1 Å². The summed E-state index contributed by atoms with van der Waals surface area (Å²) in [5, 5.41) is 22.6. The Hall–Kier alpha value is -3.18. The lowest BCUT2D eigenvalue weighted by molar-refractivity contribution is -0.124. The van der Waals surface area contributed by atoms with Crippen LogP contribution in [0.5, 0.6) is 0 Å². The summed E-state index contributed by atoms with van der Waals surface area (Å²) in [6.07, 6.45) is 1.55. The number of nitriles is 1. The zero-order chi connectivity index (χ0) is 18.4. The van der Waals surface area contributed by atoms with Gasteiger partial charge in [0.1, 0.15) is 11.9 Å². The Morgan fingerprint density at radius 2 is 2.23 bits per heavy atom. The van der Waals surface area contributed by atoms with E-state index in [-0.39, 0.29) is 23.7 Å². The van der Waals surface area contributed by atoms with Crippen molar-refractivity contribution in [2.45, 2.75) is 18.9 Å². The lowest BCUT2D eigenvalue weighted by Gasteiger charge is -2.18. The molecule has 1 aromatic carbocycles. The van der Waals surface area contributed by atoms with Crippen molar-refractivity contribution in [1.29, 1.82) is 5.26 Å². The molecule has 1 unspecified atom stereocenters. The number of fused-ring (bicyclic) bond motifs is 1. The van der Waals surface area contributed by atoms with Gasteiger partial charge in [-0.2, -0.15) is 5.26 Å². The van der Waals surface area contributed by atoms with Gasteiger partial charge in [0.05, 0.1) is 17.9 Å². The fourth-order valence-corrected chi connectivity index (χ4v) is 3.26. The van der Waals surface area contributed by atoms with E-state index < -0.39 is 6.10 Å². The number of hydrogen-bond donors (Lipinski definition) is 3. The number of nitrogens with one attached hydrogen (secondary N) is 1. The third-order valence-electron chi connectivity index (χ3n) is 4.89. The van der Waals surface area contributed by atoms with E-state index in [1.807, 2.05) is 0 Å². The number of pyridine rings is 1. The van der Waals surface area contributed by atoms with Gasteiger partial charge in [-0.3, -0.25) is 9.59 Å². The Kier molecular flexibility index (Phi) is 3.74. The summed E-state index contributed by atoms with van der Waals surface area (Å²) in [5.41, 5.74) is 7.15. The molecule has 2 heterocycles. The van der Waals surface area contributed by atoms with E-state index in [1.165, 1.54) is 4.90 Å². The minimum Gasteiger partial charge on any atom is -0.398 e. The minimum absolute atomic E-state index is 0.217. The molecule has 4 N–H and O–H groups in total. The molecule has 1 aromatic heterocycles. The number of amides is 2. The molecule has 0 radical (unpaired) electrons. The number of nitrogen functional groups attached to an aromatic ring is 1. The van der Waals surface area contributed by atoms with E-state index >= 15 is 0 Å². The number of aliphatic hydroxyl groups is 1. The third-order valence-corrected chi connectivity index (χ3v) is 4.89. The number of carbonyl (C=O) groups excluding carboxylic acids is 2. The van der Waals surface area contributed by atoms with Crippen molar-refractivity contribution in [3.8, 4) is 6.07 Å². The molecule has 132 valence electrons. The molecule has 8 heteroatoms. The first-order valence-corrected chi connectivity index (χ1v) is 8.37. The Labute approximate surface area is 149 Å². The van der Waals surface area contributed by atoms with Gasteiger partial charge in [0, 0.05) is 35.9 Å². The highest BCUT2D eigenvalue weighted by atomic mass is 16.3. The third kappa shape index (κ3) is 2.72. The van der Waals surface area contributed by atoms with Crippen molar-refractivity contribution in [3.63, 3.8) is 0 Å². The maximum Gasteiger partial charge on any atom is 0.255 e. The molecule has 2 fully saturated rings. The van der Waals surface area contributed by atoms with Crippen LogP contribution in [0.1, 0.15) is 12.8 Å². The zero-order valence-corrected chi connectivity index (χ0v) is 13.8. The summed E-state index contributed by atoms with van der Waals surface area (Å²) in [5.74, 6) is -0.689. The number of nitrogens with two attached hydrogens (primary N) is 1. The van der Waals surface area contributed by atoms with Crippen LogP contribution >= 0.6 is 0 Å². The second-order valence-electron chi connectivity index (χ2n) is 6.69. The largest absolute Gasteiger partial charge is 0.398 e. The standard InChI is InChI=1S/C18H17N5O3/c19-7-10-4-12(10)17(25)22-16-5-9-3-11(6-14(20)13(9)8-21-16)23-2-1-15(24)18(23)26/h3,5-6,8,10,12,15,24H,1-2,4,20H2,(H,21,22,25)/t10?,12-,15-/m1/s1. The summed E-state index contributed by atoms with van der Waals surface area (Å²) >= 11 is 0. The molecule has 26 heavy (non-hydrogen) atoms. The van der Waals surface area contributed by atoms with Crippen LogP contribution in [0.3, 0.4) is 0 Å². The maximum atomic E-state index is 12.1. The van der Waals surface area contributed by atoms with E-state index in [2.05, 4.69) is 16.4 Å². The molecule has 8 nitrogen and oxygen atoms in total. The fourth-order valence-electron chi connectivity index (χ4n) is 3.26. The fraction of sp³-hybridized carbons (Fsp3) is 0.333. The number of hydrogen-bond acceptors (Lipinski definition) is 6. The summed E-state index contributed by atoms with van der Waals surface area (Å²) in [7, 11) is 0. The summed E-state index contributed by atoms with van der Waals surface area (Å²) in [6.45, 7) is 0.427. The van der Waals surface area contributed by atoms with Crippen LogP contribution in [0.2, 0.25) is 0 Å². The summed E-state index contributed by atoms with van der Waals surface area (Å²) in [6, 6.07) is 7.24. The predicted octanol–water partition coefficient (Wildman–Crippen LogP) is 1.01. The number of carbonyl (C=O) groups is 2. The van der Waals surface area contributed by atoms with Crippen LogP contribution in [-0.4, -0.2) is 34.6 Å².